The number of carbonyl (C=O) groups excluding carboxylic acids is 1. The number of fused-ring (bicyclic) bond motifs is 1. The first kappa shape index (κ1) is 19.8. The van der Waals surface area contributed by atoms with Crippen LogP contribution >= 0.6 is 0 Å². The molecule has 2 aromatic heterocycles. The lowest BCUT2D eigenvalue weighted by molar-refractivity contribution is -0.116. The number of aromatic nitrogens is 4. The summed E-state index contributed by atoms with van der Waals surface area (Å²) < 4.78 is 7.31. The van der Waals surface area contributed by atoms with Gasteiger partial charge in [0.05, 0.1) is 11.0 Å². The SMILES string of the molecule is CCn1c(NC(=O)CCc2nc(-c3ccc(C(C)C)cc3)no2)nc2ccccc21. The molecular weight excluding hydrogens is 378 g/mol. The van der Waals surface area contributed by atoms with E-state index >= 15 is 0 Å². The number of nitrogens with zero attached hydrogens (tertiary/aromatic N) is 4. The molecule has 0 saturated carbocycles. The van der Waals surface area contributed by atoms with Crippen LogP contribution in [-0.4, -0.2) is 25.6 Å². The van der Waals surface area contributed by atoms with Crippen molar-refractivity contribution >= 4 is 22.9 Å². The molecule has 4 aromatic rings. The van der Waals surface area contributed by atoms with E-state index in [2.05, 4.69) is 46.4 Å². The zero-order chi connectivity index (χ0) is 21.1. The van der Waals surface area contributed by atoms with Crippen LogP contribution in [0, 0.1) is 0 Å². The Morgan fingerprint density at radius 1 is 1.10 bits per heavy atom. The number of nitrogens with one attached hydrogen (secondary N) is 1. The first-order valence-corrected chi connectivity index (χ1v) is 10.2. The van der Waals surface area contributed by atoms with Crippen LogP contribution in [0.2, 0.25) is 0 Å². The lowest BCUT2D eigenvalue weighted by atomic mass is 10.0. The van der Waals surface area contributed by atoms with Crippen LogP contribution in [0.1, 0.15) is 44.6 Å². The molecule has 0 bridgehead atoms. The van der Waals surface area contributed by atoms with Gasteiger partial charge in [-0.15, -0.1) is 0 Å². The Bertz CT molecular complexity index is 1160. The number of imidazole rings is 1. The van der Waals surface area contributed by atoms with Crippen molar-refractivity contribution < 1.29 is 9.32 Å². The highest BCUT2D eigenvalue weighted by Crippen LogP contribution is 2.22. The zero-order valence-electron chi connectivity index (χ0n) is 17.4. The van der Waals surface area contributed by atoms with Crippen LogP contribution in [0.25, 0.3) is 22.4 Å². The lowest BCUT2D eigenvalue weighted by Crippen LogP contribution is -2.16. The van der Waals surface area contributed by atoms with Gasteiger partial charge in [-0.05, 0) is 30.5 Å². The molecular formula is C23H25N5O2. The van der Waals surface area contributed by atoms with Gasteiger partial charge in [-0.25, -0.2) is 4.98 Å². The molecule has 1 N–H and O–H groups in total. The molecule has 7 nitrogen and oxygen atoms in total. The molecule has 0 fully saturated rings. The summed E-state index contributed by atoms with van der Waals surface area (Å²) in [6.07, 6.45) is 0.607. The molecule has 0 saturated heterocycles. The number of amides is 1. The highest BCUT2D eigenvalue weighted by atomic mass is 16.5. The minimum atomic E-state index is -0.138. The van der Waals surface area contributed by atoms with Crippen molar-refractivity contribution in [3.8, 4) is 11.4 Å². The third kappa shape index (κ3) is 4.10. The minimum absolute atomic E-state index is 0.138. The highest BCUT2D eigenvalue weighted by molar-refractivity contribution is 5.91. The van der Waals surface area contributed by atoms with Crippen LogP contribution in [-0.2, 0) is 17.8 Å². The van der Waals surface area contributed by atoms with E-state index in [4.69, 9.17) is 4.52 Å². The molecule has 0 spiro atoms. The summed E-state index contributed by atoms with van der Waals surface area (Å²) in [5.74, 6) is 1.87. The van der Waals surface area contributed by atoms with E-state index in [9.17, 15) is 4.79 Å². The minimum Gasteiger partial charge on any atom is -0.339 e. The summed E-state index contributed by atoms with van der Waals surface area (Å²) in [6, 6.07) is 16.0. The summed E-state index contributed by atoms with van der Waals surface area (Å²) in [6.45, 7) is 7.06. The van der Waals surface area contributed by atoms with Gasteiger partial charge in [0.1, 0.15) is 0 Å². The smallest absolute Gasteiger partial charge is 0.227 e. The number of hydrogen-bond acceptors (Lipinski definition) is 5. The van der Waals surface area contributed by atoms with E-state index in [-0.39, 0.29) is 12.3 Å². The van der Waals surface area contributed by atoms with Crippen LogP contribution in [0.5, 0.6) is 0 Å². The van der Waals surface area contributed by atoms with Crippen molar-refractivity contribution in [1.29, 1.82) is 0 Å². The number of aryl methyl sites for hydroxylation is 2. The predicted molar refractivity (Wildman–Crippen MR) is 116 cm³/mol. The van der Waals surface area contributed by atoms with Crippen molar-refractivity contribution in [2.45, 2.75) is 46.1 Å². The molecule has 1 amide bonds. The maximum atomic E-state index is 12.5. The number of anilines is 1. The van der Waals surface area contributed by atoms with Crippen molar-refractivity contribution in [1.82, 2.24) is 19.7 Å². The third-order valence-corrected chi connectivity index (χ3v) is 5.09. The largest absolute Gasteiger partial charge is 0.339 e. The molecule has 7 heteroatoms. The lowest BCUT2D eigenvalue weighted by Gasteiger charge is -2.06. The molecule has 4 rings (SSSR count). The van der Waals surface area contributed by atoms with Gasteiger partial charge >= 0.3 is 0 Å². The topological polar surface area (TPSA) is 85.8 Å². The molecule has 0 atom stereocenters. The van der Waals surface area contributed by atoms with Crippen LogP contribution in [0.15, 0.2) is 53.1 Å². The van der Waals surface area contributed by atoms with E-state index in [0.717, 1.165) is 23.1 Å². The maximum Gasteiger partial charge on any atom is 0.227 e. The maximum absolute atomic E-state index is 12.5. The standard InChI is InChI=1S/C23H25N5O2/c1-4-28-19-8-6-5-7-18(19)24-23(28)25-20(29)13-14-21-26-22(27-30-21)17-11-9-16(10-12-17)15(2)3/h5-12,15H,4,13-14H2,1-3H3,(H,24,25,29). The van der Waals surface area contributed by atoms with Crippen LogP contribution in [0.4, 0.5) is 5.95 Å². The van der Waals surface area contributed by atoms with Gasteiger partial charge in [0.15, 0.2) is 0 Å². The fourth-order valence-corrected chi connectivity index (χ4v) is 3.39. The second-order valence-electron chi connectivity index (χ2n) is 7.50. The van der Waals surface area contributed by atoms with Gasteiger partial charge in [-0.2, -0.15) is 4.98 Å². The Labute approximate surface area is 175 Å². The number of para-hydroxylation sites is 2. The second-order valence-corrected chi connectivity index (χ2v) is 7.50. The van der Waals surface area contributed by atoms with Crippen molar-refractivity contribution in [2.24, 2.45) is 0 Å². The number of benzene rings is 2. The molecule has 0 aliphatic carbocycles. The quantitative estimate of drug-likeness (QED) is 0.479. The van der Waals surface area contributed by atoms with E-state index < -0.39 is 0 Å². The van der Waals surface area contributed by atoms with Gasteiger partial charge in [0.25, 0.3) is 0 Å². The van der Waals surface area contributed by atoms with E-state index in [0.29, 0.717) is 30.0 Å². The molecule has 2 aromatic carbocycles. The molecule has 0 aliphatic rings. The molecule has 0 aliphatic heterocycles. The Hall–Kier alpha value is -3.48. The monoisotopic (exact) mass is 403 g/mol. The van der Waals surface area contributed by atoms with E-state index in [1.807, 2.05) is 47.9 Å². The Kier molecular flexibility index (Phi) is 5.61. The van der Waals surface area contributed by atoms with Crippen LogP contribution in [0.3, 0.4) is 0 Å². The number of carbonyl (C=O) groups is 1. The number of rotatable bonds is 7. The Morgan fingerprint density at radius 2 is 1.87 bits per heavy atom. The molecule has 30 heavy (non-hydrogen) atoms. The van der Waals surface area contributed by atoms with Crippen molar-refractivity contribution in [2.75, 3.05) is 5.32 Å². The summed E-state index contributed by atoms with van der Waals surface area (Å²) in [4.78, 5) is 21.4. The van der Waals surface area contributed by atoms with Crippen molar-refractivity contribution in [3.63, 3.8) is 0 Å². The molecule has 154 valence electrons. The zero-order valence-corrected chi connectivity index (χ0v) is 17.4. The molecule has 2 heterocycles. The fourth-order valence-electron chi connectivity index (χ4n) is 3.39. The molecule has 0 radical (unpaired) electrons. The van der Waals surface area contributed by atoms with E-state index in [1.165, 1.54) is 5.56 Å². The summed E-state index contributed by atoms with van der Waals surface area (Å²) >= 11 is 0. The van der Waals surface area contributed by atoms with Gasteiger partial charge in [-0.1, -0.05) is 55.4 Å². The Balaban J connectivity index is 1.39. The Morgan fingerprint density at radius 3 is 2.60 bits per heavy atom. The predicted octanol–water partition coefficient (Wildman–Crippen LogP) is 4.80. The average Bonchev–Trinajstić information content (AvgIpc) is 3.36. The van der Waals surface area contributed by atoms with Gasteiger partial charge in [0.2, 0.25) is 23.6 Å². The second kappa shape index (κ2) is 8.49. The normalized spacial score (nSPS) is 11.3. The van der Waals surface area contributed by atoms with Gasteiger partial charge < -0.3 is 9.09 Å². The van der Waals surface area contributed by atoms with Crippen LogP contribution < -0.4 is 5.32 Å². The summed E-state index contributed by atoms with van der Waals surface area (Å²) in [5, 5.41) is 6.94. The van der Waals surface area contributed by atoms with Gasteiger partial charge in [0, 0.05) is 24.9 Å². The summed E-state index contributed by atoms with van der Waals surface area (Å²) in [5.41, 5.74) is 4.02. The van der Waals surface area contributed by atoms with E-state index in [1.54, 1.807) is 0 Å². The first-order chi connectivity index (χ1) is 14.5. The number of hydrogen-bond donors (Lipinski definition) is 1. The highest BCUT2D eigenvalue weighted by Gasteiger charge is 2.14. The van der Waals surface area contributed by atoms with Gasteiger partial charge in [-0.3, -0.25) is 10.1 Å². The third-order valence-electron chi connectivity index (χ3n) is 5.09. The molecule has 0 unspecified atom stereocenters. The average molecular weight is 403 g/mol. The summed E-state index contributed by atoms with van der Waals surface area (Å²) in [7, 11) is 0. The first-order valence-electron chi connectivity index (χ1n) is 10.2. The fraction of sp³-hybridized carbons (Fsp3) is 0.304. The van der Waals surface area contributed by atoms with Crippen molar-refractivity contribution in [3.05, 3.63) is 60.0 Å².